The average Bonchev–Trinajstić information content (AvgIpc) is 3.62. The Morgan fingerprint density at radius 1 is 0.923 bits per heavy atom. The van der Waals surface area contributed by atoms with Crippen molar-refractivity contribution in [3.63, 3.8) is 0 Å². The van der Waals surface area contributed by atoms with Gasteiger partial charge in [0.25, 0.3) is 5.91 Å². The van der Waals surface area contributed by atoms with Crippen molar-refractivity contribution in [3.8, 4) is 22.9 Å². The van der Waals surface area contributed by atoms with E-state index in [4.69, 9.17) is 14.3 Å². The van der Waals surface area contributed by atoms with Crippen LogP contribution in [0.5, 0.6) is 5.75 Å². The van der Waals surface area contributed by atoms with Gasteiger partial charge in [0.05, 0.1) is 18.5 Å². The zero-order valence-corrected chi connectivity index (χ0v) is 21.1. The molecule has 0 fully saturated rings. The van der Waals surface area contributed by atoms with Crippen molar-refractivity contribution >= 4 is 34.5 Å². The third kappa shape index (κ3) is 5.19. The molecule has 39 heavy (non-hydrogen) atoms. The first-order chi connectivity index (χ1) is 19.2. The quantitative estimate of drug-likeness (QED) is 0.228. The highest BCUT2D eigenvalue weighted by Gasteiger charge is 2.15. The summed E-state index contributed by atoms with van der Waals surface area (Å²) in [5, 5.41) is 8.71. The van der Waals surface area contributed by atoms with Gasteiger partial charge in [0, 0.05) is 34.6 Å². The Hall–Kier alpha value is -5.43. The molecule has 1 amide bonds. The first-order valence-corrected chi connectivity index (χ1v) is 12.4. The molecule has 6 rings (SSSR count). The van der Waals surface area contributed by atoms with E-state index in [9.17, 15) is 4.79 Å². The zero-order chi connectivity index (χ0) is 26.6. The van der Waals surface area contributed by atoms with Gasteiger partial charge in [-0.25, -0.2) is 4.68 Å². The topological polar surface area (TPSA) is 81.6 Å². The minimum atomic E-state index is -0.202. The van der Waals surface area contributed by atoms with E-state index in [1.165, 1.54) is 0 Å². The van der Waals surface area contributed by atoms with Crippen LogP contribution in [0.1, 0.15) is 15.9 Å². The number of anilines is 1. The van der Waals surface area contributed by atoms with E-state index in [1.807, 2.05) is 83.7 Å². The highest BCUT2D eigenvalue weighted by molar-refractivity contribution is 6.04. The maximum absolute atomic E-state index is 12.7. The second-order valence-corrected chi connectivity index (χ2v) is 8.85. The fourth-order valence-corrected chi connectivity index (χ4v) is 4.21. The van der Waals surface area contributed by atoms with Crippen molar-refractivity contribution in [2.75, 3.05) is 12.4 Å². The van der Waals surface area contributed by atoms with Gasteiger partial charge in [-0.2, -0.15) is 5.10 Å². The van der Waals surface area contributed by atoms with Crippen LogP contribution in [-0.2, 0) is 0 Å². The van der Waals surface area contributed by atoms with Crippen molar-refractivity contribution in [2.45, 2.75) is 0 Å². The van der Waals surface area contributed by atoms with Crippen molar-refractivity contribution < 1.29 is 13.9 Å². The van der Waals surface area contributed by atoms with Gasteiger partial charge < -0.3 is 14.5 Å². The number of aliphatic imine (C=N–C) groups is 1. The number of furan rings is 1. The molecule has 0 aliphatic carbocycles. The molecule has 7 heteroatoms. The summed E-state index contributed by atoms with van der Waals surface area (Å²) in [5.74, 6) is 1.19. The van der Waals surface area contributed by atoms with Crippen LogP contribution in [-0.4, -0.2) is 29.0 Å². The molecular formula is C32H24N4O3. The van der Waals surface area contributed by atoms with Crippen molar-refractivity contribution in [1.82, 2.24) is 9.78 Å². The number of nitrogens with one attached hydrogen (secondary N) is 1. The Labute approximate surface area is 225 Å². The van der Waals surface area contributed by atoms with Gasteiger partial charge >= 0.3 is 0 Å². The third-order valence-corrected chi connectivity index (χ3v) is 6.25. The number of hydrogen-bond acceptors (Lipinski definition) is 5. The number of fused-ring (bicyclic) bond motifs is 1. The first-order valence-electron chi connectivity index (χ1n) is 12.4. The van der Waals surface area contributed by atoms with E-state index in [1.54, 1.807) is 49.7 Å². The summed E-state index contributed by atoms with van der Waals surface area (Å²) in [6, 6.07) is 34.1. The number of hydrogen-bond donors (Lipinski definition) is 1. The second-order valence-electron chi connectivity index (χ2n) is 8.85. The van der Waals surface area contributed by atoms with Crippen LogP contribution < -0.4 is 10.1 Å². The highest BCUT2D eigenvalue weighted by Crippen LogP contribution is 2.29. The molecule has 0 aliphatic heterocycles. The molecule has 0 unspecified atom stereocenters. The molecule has 0 saturated carbocycles. The zero-order valence-electron chi connectivity index (χ0n) is 21.1. The number of carbonyl (C=O) groups is 1. The van der Waals surface area contributed by atoms with Crippen molar-refractivity contribution in [1.29, 1.82) is 0 Å². The fourth-order valence-electron chi connectivity index (χ4n) is 4.21. The third-order valence-electron chi connectivity index (χ3n) is 6.25. The molecule has 0 aliphatic rings. The molecule has 2 aromatic heterocycles. The summed E-state index contributed by atoms with van der Waals surface area (Å²) < 4.78 is 13.1. The lowest BCUT2D eigenvalue weighted by molar-refractivity contribution is 0.102. The number of methoxy groups -OCH3 is 1. The molecule has 4 aromatic carbocycles. The van der Waals surface area contributed by atoms with E-state index in [2.05, 4.69) is 10.3 Å². The molecular weight excluding hydrogens is 488 g/mol. The summed E-state index contributed by atoms with van der Waals surface area (Å²) in [6.07, 6.45) is 3.69. The fraction of sp³-hybridized carbons (Fsp3) is 0.0312. The number of carbonyl (C=O) groups excluding carboxylic acids is 1. The molecule has 0 radical (unpaired) electrons. The summed E-state index contributed by atoms with van der Waals surface area (Å²) in [5.41, 5.74) is 5.16. The maximum Gasteiger partial charge on any atom is 0.255 e. The summed E-state index contributed by atoms with van der Waals surface area (Å²) >= 11 is 0. The van der Waals surface area contributed by atoms with Gasteiger partial charge in [-0.1, -0.05) is 36.4 Å². The highest BCUT2D eigenvalue weighted by atomic mass is 16.5. The van der Waals surface area contributed by atoms with Crippen LogP contribution >= 0.6 is 0 Å². The Bertz CT molecular complexity index is 1730. The molecule has 2 heterocycles. The molecule has 6 aromatic rings. The summed E-state index contributed by atoms with van der Waals surface area (Å²) in [7, 11) is 1.60. The van der Waals surface area contributed by atoms with E-state index in [0.717, 1.165) is 28.0 Å². The lowest BCUT2D eigenvalue weighted by Crippen LogP contribution is -2.11. The van der Waals surface area contributed by atoms with Crippen LogP contribution in [0.3, 0.4) is 0 Å². The Morgan fingerprint density at radius 2 is 1.67 bits per heavy atom. The van der Waals surface area contributed by atoms with Crippen LogP contribution in [0.4, 0.5) is 11.4 Å². The van der Waals surface area contributed by atoms with Crippen LogP contribution in [0.2, 0.25) is 0 Å². The molecule has 7 nitrogen and oxygen atoms in total. The van der Waals surface area contributed by atoms with E-state index < -0.39 is 0 Å². The standard InChI is InChI=1S/C32H24N4O3/c1-38-28-17-15-26(16-18-28)34-32(37)22-11-13-25(14-12-22)33-20-24-21-36(27-8-3-2-4-9-27)35-31(24)30-19-23-7-5-6-10-29(23)39-30/h2-21H,1H3,(H,34,37). The minimum Gasteiger partial charge on any atom is -0.497 e. The molecule has 190 valence electrons. The van der Waals surface area contributed by atoms with E-state index in [0.29, 0.717) is 28.4 Å². The van der Waals surface area contributed by atoms with E-state index in [-0.39, 0.29) is 5.91 Å². The lowest BCUT2D eigenvalue weighted by atomic mass is 10.2. The second kappa shape index (κ2) is 10.5. The molecule has 1 N–H and O–H groups in total. The summed E-state index contributed by atoms with van der Waals surface area (Å²) in [4.78, 5) is 17.3. The molecule has 0 spiro atoms. The number of nitrogens with zero attached hydrogens (tertiary/aromatic N) is 3. The van der Waals surface area contributed by atoms with Gasteiger partial charge in [0.2, 0.25) is 0 Å². The Kier molecular flexibility index (Phi) is 6.45. The van der Waals surface area contributed by atoms with Gasteiger partial charge in [-0.05, 0) is 72.8 Å². The lowest BCUT2D eigenvalue weighted by Gasteiger charge is -2.06. The minimum absolute atomic E-state index is 0.202. The average molecular weight is 513 g/mol. The maximum atomic E-state index is 12.7. The summed E-state index contributed by atoms with van der Waals surface area (Å²) in [6.45, 7) is 0. The molecule has 0 saturated heterocycles. The van der Waals surface area contributed by atoms with Crippen LogP contribution in [0.15, 0.2) is 125 Å². The number of rotatable bonds is 7. The number of amides is 1. The largest absolute Gasteiger partial charge is 0.497 e. The van der Waals surface area contributed by atoms with Gasteiger partial charge in [0.1, 0.15) is 17.0 Å². The predicted molar refractivity (Wildman–Crippen MR) is 153 cm³/mol. The van der Waals surface area contributed by atoms with Gasteiger partial charge in [0.15, 0.2) is 5.76 Å². The smallest absolute Gasteiger partial charge is 0.255 e. The number of para-hydroxylation sites is 2. The monoisotopic (exact) mass is 512 g/mol. The van der Waals surface area contributed by atoms with Gasteiger partial charge in [-0.15, -0.1) is 0 Å². The normalized spacial score (nSPS) is 11.2. The van der Waals surface area contributed by atoms with Gasteiger partial charge in [-0.3, -0.25) is 9.79 Å². The first kappa shape index (κ1) is 23.9. The van der Waals surface area contributed by atoms with E-state index >= 15 is 0 Å². The van der Waals surface area contributed by atoms with Crippen molar-refractivity contribution in [2.24, 2.45) is 4.99 Å². The van der Waals surface area contributed by atoms with Crippen molar-refractivity contribution in [3.05, 3.63) is 127 Å². The Morgan fingerprint density at radius 3 is 2.41 bits per heavy atom. The van der Waals surface area contributed by atoms with Crippen LogP contribution in [0.25, 0.3) is 28.1 Å². The molecule has 0 atom stereocenters. The number of ether oxygens (including phenoxy) is 1. The Balaban J connectivity index is 1.26. The molecule has 0 bridgehead atoms. The number of aromatic nitrogens is 2. The number of benzene rings is 4. The van der Waals surface area contributed by atoms with Crippen LogP contribution in [0, 0.1) is 0 Å². The predicted octanol–water partition coefficient (Wildman–Crippen LogP) is 7.30. The SMILES string of the molecule is COc1ccc(NC(=O)c2ccc(N=Cc3cn(-c4ccccc4)nc3-c3cc4ccccc4o3)cc2)cc1.